The van der Waals surface area contributed by atoms with E-state index in [1.165, 1.54) is 5.56 Å². The number of hydrogen-bond acceptors (Lipinski definition) is 2. The second-order valence-electron chi connectivity index (χ2n) is 3.94. The lowest BCUT2D eigenvalue weighted by Crippen LogP contribution is -1.95. The van der Waals surface area contributed by atoms with Crippen LogP contribution in [-0.4, -0.2) is 13.7 Å². The molecule has 1 aliphatic heterocycles. The van der Waals surface area contributed by atoms with Crippen molar-refractivity contribution in [1.82, 2.24) is 0 Å². The molecule has 0 radical (unpaired) electrons. The third kappa shape index (κ3) is 1.90. The van der Waals surface area contributed by atoms with Gasteiger partial charge in [0.25, 0.3) is 0 Å². The average Bonchev–Trinajstić information content (AvgIpc) is 2.65. The molecule has 0 bridgehead atoms. The van der Waals surface area contributed by atoms with E-state index in [0.29, 0.717) is 5.92 Å². The van der Waals surface area contributed by atoms with Crippen LogP contribution in [0, 0.1) is 5.92 Å². The van der Waals surface area contributed by atoms with Crippen molar-refractivity contribution < 1.29 is 9.47 Å². The Bertz CT molecular complexity index is 292. The van der Waals surface area contributed by atoms with E-state index in [0.717, 1.165) is 18.8 Å². The first-order valence-corrected chi connectivity index (χ1v) is 5.05. The first-order chi connectivity index (χ1) is 6.79. The van der Waals surface area contributed by atoms with E-state index in [4.69, 9.17) is 9.47 Å². The molecule has 2 rings (SSSR count). The quantitative estimate of drug-likeness (QED) is 0.717. The lowest BCUT2D eigenvalue weighted by Gasteiger charge is -2.09. The van der Waals surface area contributed by atoms with Crippen LogP contribution in [0.15, 0.2) is 24.3 Å². The maximum absolute atomic E-state index is 5.68. The zero-order valence-electron chi connectivity index (χ0n) is 8.69. The Kier molecular flexibility index (Phi) is 2.73. The molecular formula is C12H16O2. The molecule has 2 heteroatoms. The Hall–Kier alpha value is -1.02. The van der Waals surface area contributed by atoms with Crippen molar-refractivity contribution in [3.05, 3.63) is 29.8 Å². The number of ether oxygens (including phenoxy) is 2. The average molecular weight is 192 g/mol. The van der Waals surface area contributed by atoms with Gasteiger partial charge >= 0.3 is 0 Å². The Labute approximate surface area is 84.8 Å². The second kappa shape index (κ2) is 4.01. The van der Waals surface area contributed by atoms with E-state index in [2.05, 4.69) is 19.1 Å². The minimum absolute atomic E-state index is 0.288. The largest absolute Gasteiger partial charge is 0.497 e. The molecule has 2 atom stereocenters. The molecule has 0 amide bonds. The predicted octanol–water partition coefficient (Wildman–Crippen LogP) is 2.79. The zero-order chi connectivity index (χ0) is 9.97. The van der Waals surface area contributed by atoms with Gasteiger partial charge in [0.1, 0.15) is 5.75 Å². The highest BCUT2D eigenvalue weighted by atomic mass is 16.5. The van der Waals surface area contributed by atoms with Crippen LogP contribution in [0.2, 0.25) is 0 Å². The van der Waals surface area contributed by atoms with Gasteiger partial charge in [-0.2, -0.15) is 0 Å². The molecule has 1 heterocycles. The van der Waals surface area contributed by atoms with E-state index in [-0.39, 0.29) is 6.10 Å². The Morgan fingerprint density at radius 3 is 2.50 bits per heavy atom. The first kappa shape index (κ1) is 9.53. The normalized spacial score (nSPS) is 26.4. The van der Waals surface area contributed by atoms with Crippen molar-refractivity contribution >= 4 is 0 Å². The van der Waals surface area contributed by atoms with Gasteiger partial charge in [-0.25, -0.2) is 0 Å². The molecule has 1 aliphatic rings. The summed E-state index contributed by atoms with van der Waals surface area (Å²) in [5, 5.41) is 0. The number of hydrogen-bond donors (Lipinski definition) is 0. The van der Waals surface area contributed by atoms with Crippen molar-refractivity contribution in [3.8, 4) is 5.75 Å². The Morgan fingerprint density at radius 1 is 1.29 bits per heavy atom. The van der Waals surface area contributed by atoms with Crippen molar-refractivity contribution in [3.63, 3.8) is 0 Å². The Morgan fingerprint density at radius 2 is 2.00 bits per heavy atom. The first-order valence-electron chi connectivity index (χ1n) is 5.05. The molecule has 0 aliphatic carbocycles. The molecule has 76 valence electrons. The molecule has 0 aromatic heterocycles. The smallest absolute Gasteiger partial charge is 0.118 e. The lowest BCUT2D eigenvalue weighted by atomic mass is 10.0. The zero-order valence-corrected chi connectivity index (χ0v) is 8.69. The second-order valence-corrected chi connectivity index (χ2v) is 3.94. The van der Waals surface area contributed by atoms with Crippen molar-refractivity contribution in [2.75, 3.05) is 13.7 Å². The predicted molar refractivity (Wildman–Crippen MR) is 55.5 cm³/mol. The van der Waals surface area contributed by atoms with Crippen molar-refractivity contribution in [2.24, 2.45) is 5.92 Å². The lowest BCUT2D eigenvalue weighted by molar-refractivity contribution is 0.108. The topological polar surface area (TPSA) is 18.5 Å². The summed E-state index contributed by atoms with van der Waals surface area (Å²) in [6.45, 7) is 3.11. The summed E-state index contributed by atoms with van der Waals surface area (Å²) < 4.78 is 10.8. The molecule has 0 unspecified atom stereocenters. The van der Waals surface area contributed by atoms with Crippen LogP contribution in [0.25, 0.3) is 0 Å². The summed E-state index contributed by atoms with van der Waals surface area (Å²) in [5.41, 5.74) is 1.26. The van der Waals surface area contributed by atoms with Gasteiger partial charge in [0.2, 0.25) is 0 Å². The van der Waals surface area contributed by atoms with Crippen LogP contribution in [0.1, 0.15) is 25.0 Å². The summed E-state index contributed by atoms with van der Waals surface area (Å²) in [4.78, 5) is 0. The van der Waals surface area contributed by atoms with Crippen LogP contribution in [0.5, 0.6) is 5.75 Å². The Balaban J connectivity index is 2.09. The fraction of sp³-hybridized carbons (Fsp3) is 0.500. The molecule has 1 aromatic carbocycles. The summed E-state index contributed by atoms with van der Waals surface area (Å²) in [5.74, 6) is 1.59. The van der Waals surface area contributed by atoms with E-state index < -0.39 is 0 Å². The van der Waals surface area contributed by atoms with Crippen molar-refractivity contribution in [1.29, 1.82) is 0 Å². The van der Waals surface area contributed by atoms with Crippen LogP contribution in [0.4, 0.5) is 0 Å². The SMILES string of the molecule is COc1ccc([C@@H]2C[C@@H](C)CO2)cc1. The van der Waals surface area contributed by atoms with Crippen LogP contribution in [0.3, 0.4) is 0 Å². The summed E-state index contributed by atoms with van der Waals surface area (Å²) in [6, 6.07) is 8.15. The van der Waals surface area contributed by atoms with Gasteiger partial charge in [-0.15, -0.1) is 0 Å². The molecule has 1 aromatic rings. The van der Waals surface area contributed by atoms with Gasteiger partial charge in [-0.1, -0.05) is 19.1 Å². The van der Waals surface area contributed by atoms with Gasteiger partial charge in [-0.05, 0) is 30.0 Å². The molecule has 2 nitrogen and oxygen atoms in total. The van der Waals surface area contributed by atoms with Gasteiger partial charge < -0.3 is 9.47 Å². The van der Waals surface area contributed by atoms with E-state index in [9.17, 15) is 0 Å². The van der Waals surface area contributed by atoms with Gasteiger partial charge in [-0.3, -0.25) is 0 Å². The number of benzene rings is 1. The summed E-state index contributed by atoms with van der Waals surface area (Å²) in [6.07, 6.45) is 1.42. The monoisotopic (exact) mass is 192 g/mol. The molecule has 14 heavy (non-hydrogen) atoms. The number of rotatable bonds is 2. The third-order valence-electron chi connectivity index (χ3n) is 2.69. The minimum atomic E-state index is 0.288. The highest BCUT2D eigenvalue weighted by Crippen LogP contribution is 2.32. The van der Waals surface area contributed by atoms with Crippen LogP contribution in [-0.2, 0) is 4.74 Å². The molecule has 0 N–H and O–H groups in total. The highest BCUT2D eigenvalue weighted by Gasteiger charge is 2.23. The maximum Gasteiger partial charge on any atom is 0.118 e. The fourth-order valence-corrected chi connectivity index (χ4v) is 1.83. The standard InChI is InChI=1S/C12H16O2/c1-9-7-12(14-8-9)10-3-5-11(13-2)6-4-10/h3-6,9,12H,7-8H2,1-2H3/t9-,12+/m1/s1. The van der Waals surface area contributed by atoms with Gasteiger partial charge in [0, 0.05) is 0 Å². The minimum Gasteiger partial charge on any atom is -0.497 e. The maximum atomic E-state index is 5.68. The van der Waals surface area contributed by atoms with Crippen molar-refractivity contribution in [2.45, 2.75) is 19.4 Å². The molecule has 0 spiro atoms. The van der Waals surface area contributed by atoms with Gasteiger partial charge in [0.05, 0.1) is 19.8 Å². The van der Waals surface area contributed by atoms with Gasteiger partial charge in [0.15, 0.2) is 0 Å². The van der Waals surface area contributed by atoms with Crippen LogP contribution < -0.4 is 4.74 Å². The molecule has 1 fully saturated rings. The molecular weight excluding hydrogens is 176 g/mol. The van der Waals surface area contributed by atoms with E-state index in [1.54, 1.807) is 7.11 Å². The third-order valence-corrected chi connectivity index (χ3v) is 2.69. The number of methoxy groups -OCH3 is 1. The summed E-state index contributed by atoms with van der Waals surface area (Å²) in [7, 11) is 1.68. The molecule has 0 saturated carbocycles. The van der Waals surface area contributed by atoms with E-state index >= 15 is 0 Å². The van der Waals surface area contributed by atoms with E-state index in [1.807, 2.05) is 12.1 Å². The fourth-order valence-electron chi connectivity index (χ4n) is 1.83. The highest BCUT2D eigenvalue weighted by molar-refractivity contribution is 5.28. The van der Waals surface area contributed by atoms with Crippen LogP contribution >= 0.6 is 0 Å². The molecule has 1 saturated heterocycles. The summed E-state index contributed by atoms with van der Waals surface area (Å²) >= 11 is 0.